The SMILES string of the molecule is C#CCCC(=O)Nc1cccc(S(=O)(=O)NC(=O)Nc2c3c(cc4c2CCC4)CCC3)c1. The Hall–Kier alpha value is -3.31. The van der Waals surface area contributed by atoms with Crippen LogP contribution in [0.25, 0.3) is 0 Å². The molecule has 32 heavy (non-hydrogen) atoms. The normalized spacial score (nSPS) is 14.2. The second-order valence-electron chi connectivity index (χ2n) is 8.07. The van der Waals surface area contributed by atoms with E-state index in [1.807, 2.05) is 0 Å². The molecule has 0 radical (unpaired) electrons. The van der Waals surface area contributed by atoms with Crippen molar-refractivity contribution in [2.45, 2.75) is 56.3 Å². The zero-order valence-corrected chi connectivity index (χ0v) is 18.5. The highest BCUT2D eigenvalue weighted by atomic mass is 32.2. The number of anilines is 2. The van der Waals surface area contributed by atoms with Gasteiger partial charge >= 0.3 is 6.03 Å². The smallest absolute Gasteiger partial charge is 0.326 e. The number of terminal acetylenes is 1. The van der Waals surface area contributed by atoms with Crippen molar-refractivity contribution in [1.29, 1.82) is 0 Å². The number of fused-ring (bicyclic) bond motifs is 2. The zero-order valence-electron chi connectivity index (χ0n) is 17.7. The Labute approximate surface area is 188 Å². The molecule has 0 spiro atoms. The topological polar surface area (TPSA) is 104 Å². The number of hydrogen-bond donors (Lipinski definition) is 3. The van der Waals surface area contributed by atoms with Crippen LogP contribution in [0.15, 0.2) is 35.2 Å². The summed E-state index contributed by atoms with van der Waals surface area (Å²) in [4.78, 5) is 24.4. The first-order valence-electron chi connectivity index (χ1n) is 10.7. The number of benzene rings is 2. The minimum Gasteiger partial charge on any atom is -0.326 e. The van der Waals surface area contributed by atoms with Gasteiger partial charge in [-0.15, -0.1) is 12.3 Å². The van der Waals surface area contributed by atoms with Crippen molar-refractivity contribution in [1.82, 2.24) is 4.72 Å². The van der Waals surface area contributed by atoms with Gasteiger partial charge in [0.1, 0.15) is 0 Å². The largest absolute Gasteiger partial charge is 0.333 e. The number of amides is 3. The molecule has 2 aromatic rings. The van der Waals surface area contributed by atoms with Crippen LogP contribution in [0.1, 0.15) is 47.9 Å². The van der Waals surface area contributed by atoms with Gasteiger partial charge in [-0.2, -0.15) is 0 Å². The molecule has 3 amide bonds. The fourth-order valence-electron chi connectivity index (χ4n) is 4.44. The number of aryl methyl sites for hydroxylation is 2. The van der Waals surface area contributed by atoms with Crippen LogP contribution >= 0.6 is 0 Å². The highest BCUT2D eigenvalue weighted by Gasteiger charge is 2.26. The molecule has 8 heteroatoms. The van der Waals surface area contributed by atoms with Gasteiger partial charge in [-0.25, -0.2) is 17.9 Å². The van der Waals surface area contributed by atoms with Crippen LogP contribution in [0.4, 0.5) is 16.2 Å². The van der Waals surface area contributed by atoms with Gasteiger partial charge in [-0.3, -0.25) is 4.79 Å². The molecular formula is C24H25N3O4S. The number of hydrogen-bond acceptors (Lipinski definition) is 4. The van der Waals surface area contributed by atoms with E-state index in [2.05, 4.69) is 27.3 Å². The van der Waals surface area contributed by atoms with Crippen molar-refractivity contribution in [3.05, 3.63) is 52.6 Å². The molecule has 4 rings (SSSR count). The lowest BCUT2D eigenvalue weighted by molar-refractivity contribution is -0.116. The van der Waals surface area contributed by atoms with Crippen molar-refractivity contribution in [2.24, 2.45) is 0 Å². The number of urea groups is 1. The Balaban J connectivity index is 1.49. The number of nitrogens with one attached hydrogen (secondary N) is 3. The van der Waals surface area contributed by atoms with Crippen LogP contribution in [-0.2, 0) is 40.5 Å². The van der Waals surface area contributed by atoms with E-state index in [0.717, 1.165) is 55.3 Å². The number of sulfonamides is 1. The van der Waals surface area contributed by atoms with Gasteiger partial charge in [-0.05, 0) is 79.0 Å². The highest BCUT2D eigenvalue weighted by molar-refractivity contribution is 7.90. The summed E-state index contributed by atoms with van der Waals surface area (Å²) in [5.74, 6) is 2.07. The van der Waals surface area contributed by atoms with Gasteiger partial charge in [0.05, 0.1) is 4.90 Å². The van der Waals surface area contributed by atoms with E-state index < -0.39 is 16.1 Å². The maximum Gasteiger partial charge on any atom is 0.333 e. The molecule has 0 bridgehead atoms. The quantitative estimate of drug-likeness (QED) is 0.585. The van der Waals surface area contributed by atoms with Gasteiger partial charge < -0.3 is 10.6 Å². The summed E-state index contributed by atoms with van der Waals surface area (Å²) in [5.41, 5.74) is 5.82. The standard InChI is InChI=1S/C24H25N3O4S/c1-2-3-13-22(28)25-18-9-6-10-19(15-18)32(30,31)27-24(29)26-23-20-11-4-7-16(20)14-17-8-5-12-21(17)23/h1,6,9-10,14-15H,3-5,7-8,11-13H2,(H,25,28)(H2,26,27,29). The van der Waals surface area contributed by atoms with E-state index in [1.54, 1.807) is 6.07 Å². The molecule has 7 nitrogen and oxygen atoms in total. The van der Waals surface area contributed by atoms with Gasteiger partial charge in [0.15, 0.2) is 0 Å². The fraction of sp³-hybridized carbons (Fsp3) is 0.333. The lowest BCUT2D eigenvalue weighted by Gasteiger charge is -2.16. The van der Waals surface area contributed by atoms with Gasteiger partial charge in [0, 0.05) is 24.2 Å². The lowest BCUT2D eigenvalue weighted by atomic mass is 9.99. The summed E-state index contributed by atoms with van der Waals surface area (Å²) in [6, 6.07) is 7.20. The molecule has 2 aromatic carbocycles. The van der Waals surface area contributed by atoms with E-state index in [1.165, 1.54) is 29.3 Å². The second kappa shape index (κ2) is 9.05. The molecule has 2 aliphatic rings. The molecule has 0 atom stereocenters. The average molecular weight is 452 g/mol. The molecule has 0 unspecified atom stereocenters. The molecule has 166 valence electrons. The predicted molar refractivity (Wildman–Crippen MR) is 123 cm³/mol. The Bertz CT molecular complexity index is 1200. The summed E-state index contributed by atoms with van der Waals surface area (Å²) < 4.78 is 27.7. The monoisotopic (exact) mass is 451 g/mol. The van der Waals surface area contributed by atoms with Gasteiger partial charge in [0.2, 0.25) is 5.91 Å². The molecular weight excluding hydrogens is 426 g/mol. The molecule has 2 aliphatic carbocycles. The molecule has 0 saturated heterocycles. The lowest BCUT2D eigenvalue weighted by Crippen LogP contribution is -2.35. The fourth-order valence-corrected chi connectivity index (χ4v) is 5.39. The number of carbonyl (C=O) groups is 2. The average Bonchev–Trinajstić information content (AvgIpc) is 3.41. The van der Waals surface area contributed by atoms with Crippen molar-refractivity contribution in [3.63, 3.8) is 0 Å². The highest BCUT2D eigenvalue weighted by Crippen LogP contribution is 2.38. The van der Waals surface area contributed by atoms with Crippen LogP contribution in [0, 0.1) is 12.3 Å². The summed E-state index contributed by atoms with van der Waals surface area (Å²) in [6.45, 7) is 0. The third kappa shape index (κ3) is 4.63. The summed E-state index contributed by atoms with van der Waals surface area (Å²) in [6.07, 6.45) is 11.4. The van der Waals surface area contributed by atoms with Crippen LogP contribution in [0.5, 0.6) is 0 Å². The van der Waals surface area contributed by atoms with E-state index in [9.17, 15) is 18.0 Å². The first-order chi connectivity index (χ1) is 15.4. The van der Waals surface area contributed by atoms with Gasteiger partial charge in [0.25, 0.3) is 10.0 Å². The van der Waals surface area contributed by atoms with Crippen molar-refractivity contribution < 1.29 is 18.0 Å². The van der Waals surface area contributed by atoms with E-state index in [4.69, 9.17) is 6.42 Å². The molecule has 0 aliphatic heterocycles. The maximum atomic E-state index is 12.8. The van der Waals surface area contributed by atoms with E-state index in [-0.39, 0.29) is 17.2 Å². The Morgan fingerprint density at radius 3 is 2.31 bits per heavy atom. The maximum absolute atomic E-state index is 12.8. The predicted octanol–water partition coefficient (Wildman–Crippen LogP) is 3.53. The first kappa shape index (κ1) is 21.9. The van der Waals surface area contributed by atoms with Crippen LogP contribution in [0.2, 0.25) is 0 Å². The molecule has 0 heterocycles. The summed E-state index contributed by atoms with van der Waals surface area (Å²) in [7, 11) is -4.13. The summed E-state index contributed by atoms with van der Waals surface area (Å²) >= 11 is 0. The van der Waals surface area contributed by atoms with E-state index in [0.29, 0.717) is 12.1 Å². The first-order valence-corrected chi connectivity index (χ1v) is 12.2. The van der Waals surface area contributed by atoms with Crippen LogP contribution in [0.3, 0.4) is 0 Å². The Morgan fingerprint density at radius 1 is 0.969 bits per heavy atom. The van der Waals surface area contributed by atoms with Gasteiger partial charge in [-0.1, -0.05) is 12.1 Å². The van der Waals surface area contributed by atoms with Crippen molar-refractivity contribution >= 4 is 33.3 Å². The number of carbonyl (C=O) groups excluding carboxylic acids is 2. The minimum atomic E-state index is -4.13. The van der Waals surface area contributed by atoms with E-state index >= 15 is 0 Å². The third-order valence-corrected chi connectivity index (χ3v) is 7.19. The summed E-state index contributed by atoms with van der Waals surface area (Å²) in [5, 5.41) is 5.43. The van der Waals surface area contributed by atoms with Crippen molar-refractivity contribution in [3.8, 4) is 12.3 Å². The molecule has 0 saturated carbocycles. The van der Waals surface area contributed by atoms with Crippen LogP contribution < -0.4 is 15.4 Å². The molecule has 3 N–H and O–H groups in total. The number of rotatable bonds is 6. The zero-order chi connectivity index (χ0) is 22.7. The third-order valence-electron chi connectivity index (χ3n) is 5.86. The molecule has 0 fully saturated rings. The molecule has 0 aromatic heterocycles. The Morgan fingerprint density at radius 2 is 1.66 bits per heavy atom. The van der Waals surface area contributed by atoms with Crippen molar-refractivity contribution in [2.75, 3.05) is 10.6 Å². The Kier molecular flexibility index (Phi) is 6.19. The minimum absolute atomic E-state index is 0.120. The van der Waals surface area contributed by atoms with Crippen LogP contribution in [-0.4, -0.2) is 20.4 Å². The second-order valence-corrected chi connectivity index (χ2v) is 9.76.